The van der Waals surface area contributed by atoms with Crippen LogP contribution in [-0.2, 0) is 0 Å². The molecule has 0 amide bonds. The van der Waals surface area contributed by atoms with Crippen LogP contribution in [0, 0.1) is 24.2 Å². The van der Waals surface area contributed by atoms with Crippen LogP contribution in [0.25, 0.3) is 10.9 Å². The van der Waals surface area contributed by atoms with E-state index in [1.54, 1.807) is 0 Å². The number of nitrogens with one attached hydrogen (secondary N) is 5. The molecule has 5 N–H and O–H groups in total. The van der Waals surface area contributed by atoms with Gasteiger partial charge in [-0.25, -0.2) is 4.98 Å². The smallest absolute Gasteiger partial charge is 0.153 e. The van der Waals surface area contributed by atoms with Crippen molar-refractivity contribution < 1.29 is 0 Å². The maximum atomic E-state index is 8.87. The number of anilines is 3. The Bertz CT molecular complexity index is 1030. The second kappa shape index (κ2) is 9.84. The second-order valence-corrected chi connectivity index (χ2v) is 8.58. The highest BCUT2D eigenvalue weighted by Gasteiger charge is 2.25. The predicted molar refractivity (Wildman–Crippen MR) is 124 cm³/mol. The van der Waals surface area contributed by atoms with Gasteiger partial charge in [-0.1, -0.05) is 13.3 Å². The van der Waals surface area contributed by atoms with Crippen LogP contribution < -0.4 is 16.0 Å². The van der Waals surface area contributed by atoms with E-state index in [0.29, 0.717) is 24.4 Å². The lowest BCUT2D eigenvalue weighted by atomic mass is 9.95. The maximum absolute atomic E-state index is 8.87. The average molecular weight is 421 g/mol. The third kappa shape index (κ3) is 5.36. The van der Waals surface area contributed by atoms with E-state index < -0.39 is 0 Å². The van der Waals surface area contributed by atoms with Gasteiger partial charge in [-0.2, -0.15) is 10.4 Å². The zero-order valence-electron chi connectivity index (χ0n) is 18.3. The van der Waals surface area contributed by atoms with E-state index in [1.165, 1.54) is 12.8 Å². The van der Waals surface area contributed by atoms with Crippen LogP contribution >= 0.6 is 0 Å². The molecule has 0 radical (unpaired) electrons. The molecule has 31 heavy (non-hydrogen) atoms. The van der Waals surface area contributed by atoms with Gasteiger partial charge in [0, 0.05) is 54.5 Å². The van der Waals surface area contributed by atoms with Crippen LogP contribution in [-0.4, -0.2) is 38.8 Å². The predicted octanol–water partition coefficient (Wildman–Crippen LogP) is 4.59. The maximum Gasteiger partial charge on any atom is 0.153 e. The molecule has 1 saturated carbocycles. The van der Waals surface area contributed by atoms with E-state index in [4.69, 9.17) is 10.2 Å². The largest absolute Gasteiger partial charge is 0.367 e. The van der Waals surface area contributed by atoms with Crippen LogP contribution in [0.5, 0.6) is 0 Å². The van der Waals surface area contributed by atoms with Crippen molar-refractivity contribution in [1.82, 2.24) is 25.5 Å². The summed E-state index contributed by atoms with van der Waals surface area (Å²) < 4.78 is 0. The first-order valence-electron chi connectivity index (χ1n) is 11.3. The van der Waals surface area contributed by atoms with E-state index >= 15 is 0 Å². The van der Waals surface area contributed by atoms with Gasteiger partial charge in [-0.05, 0) is 44.6 Å². The first kappa shape index (κ1) is 21.2. The molecule has 3 atom stereocenters. The third-order valence-electron chi connectivity index (χ3n) is 6.21. The summed E-state index contributed by atoms with van der Waals surface area (Å²) in [6.45, 7) is 5.02. The van der Waals surface area contributed by atoms with Gasteiger partial charge in [-0.15, -0.1) is 0 Å². The minimum absolute atomic E-state index is 0.334. The lowest BCUT2D eigenvalue weighted by Crippen LogP contribution is -2.34. The molecule has 3 unspecified atom stereocenters. The number of nitrogens with zero attached hydrogens (tertiary/aromatic N) is 3. The number of pyridine rings is 1. The summed E-state index contributed by atoms with van der Waals surface area (Å²) in [7, 11) is 0. The molecule has 8 heteroatoms. The lowest BCUT2D eigenvalue weighted by molar-refractivity contribution is 0.425. The van der Waals surface area contributed by atoms with E-state index in [1.807, 2.05) is 25.3 Å². The molecule has 1 aliphatic rings. The highest BCUT2D eigenvalue weighted by Crippen LogP contribution is 2.31. The summed E-state index contributed by atoms with van der Waals surface area (Å²) in [5.41, 5.74) is 2.04. The number of aromatic amines is 2. The Morgan fingerprint density at radius 2 is 2.10 bits per heavy atom. The van der Waals surface area contributed by atoms with Crippen molar-refractivity contribution >= 4 is 28.4 Å². The summed E-state index contributed by atoms with van der Waals surface area (Å²) >= 11 is 0. The molecule has 8 nitrogen and oxygen atoms in total. The molecule has 164 valence electrons. The Hall–Kier alpha value is -3.05. The van der Waals surface area contributed by atoms with E-state index in [2.05, 4.69) is 50.2 Å². The second-order valence-electron chi connectivity index (χ2n) is 8.58. The topological polar surface area (TPSA) is 117 Å². The van der Waals surface area contributed by atoms with Crippen LogP contribution in [0.4, 0.5) is 17.5 Å². The number of hydrogen-bond acceptors (Lipinski definition) is 6. The lowest BCUT2D eigenvalue weighted by Gasteiger charge is -2.24. The van der Waals surface area contributed by atoms with Crippen molar-refractivity contribution in [3.63, 3.8) is 0 Å². The van der Waals surface area contributed by atoms with Gasteiger partial charge in [0.1, 0.15) is 11.6 Å². The molecule has 1 fully saturated rings. The van der Waals surface area contributed by atoms with Crippen molar-refractivity contribution in [2.24, 2.45) is 5.92 Å². The standard InChI is InChI=1S/C23H32N8/c1-3-16-5-6-17(25-9-4-8-24)13-18(12-16)27-23-19-7-10-26-20(19)14-21(29-23)28-22-11-15(2)30-31-22/h7,10-11,14,16-18,25-26H,3-6,9,12-13H2,1-2H3,(H3,27,28,29,30,31). The van der Waals surface area contributed by atoms with Gasteiger partial charge in [0.15, 0.2) is 5.82 Å². The van der Waals surface area contributed by atoms with Crippen molar-refractivity contribution in [2.45, 2.75) is 64.5 Å². The molecular formula is C23H32N8. The first-order valence-corrected chi connectivity index (χ1v) is 11.3. The molecule has 0 bridgehead atoms. The Kier molecular flexibility index (Phi) is 6.73. The minimum Gasteiger partial charge on any atom is -0.367 e. The number of H-pyrrole nitrogens is 2. The van der Waals surface area contributed by atoms with E-state index in [0.717, 1.165) is 59.9 Å². The van der Waals surface area contributed by atoms with Gasteiger partial charge in [0.05, 0.1) is 11.6 Å². The van der Waals surface area contributed by atoms with Gasteiger partial charge in [0.25, 0.3) is 0 Å². The fourth-order valence-electron chi connectivity index (χ4n) is 4.56. The van der Waals surface area contributed by atoms with Crippen molar-refractivity contribution in [1.29, 1.82) is 5.26 Å². The number of nitriles is 1. The highest BCUT2D eigenvalue weighted by atomic mass is 15.2. The molecule has 3 heterocycles. The Labute approximate surface area is 183 Å². The molecule has 3 aromatic heterocycles. The molecule has 0 aliphatic heterocycles. The molecule has 4 rings (SSSR count). The molecular weight excluding hydrogens is 388 g/mol. The molecule has 3 aromatic rings. The van der Waals surface area contributed by atoms with Crippen molar-refractivity contribution in [3.05, 3.63) is 30.1 Å². The van der Waals surface area contributed by atoms with Crippen LogP contribution in [0.3, 0.4) is 0 Å². The molecule has 0 spiro atoms. The van der Waals surface area contributed by atoms with Gasteiger partial charge >= 0.3 is 0 Å². The molecule has 0 saturated heterocycles. The van der Waals surface area contributed by atoms with Gasteiger partial charge in [0.2, 0.25) is 0 Å². The summed E-state index contributed by atoms with van der Waals surface area (Å²) in [6, 6.07) is 9.04. The fourth-order valence-corrected chi connectivity index (χ4v) is 4.56. The molecule has 1 aliphatic carbocycles. The number of aromatic nitrogens is 4. The Morgan fingerprint density at radius 3 is 2.87 bits per heavy atom. The molecule has 0 aromatic carbocycles. The monoisotopic (exact) mass is 420 g/mol. The highest BCUT2D eigenvalue weighted by molar-refractivity contribution is 5.92. The number of fused-ring (bicyclic) bond motifs is 1. The van der Waals surface area contributed by atoms with Crippen LogP contribution in [0.2, 0.25) is 0 Å². The minimum atomic E-state index is 0.334. The SMILES string of the molecule is CCC1CCC(NCCC#N)CC(Nc2nc(Nc3cc(C)[nH]n3)cc3[nH]ccc23)C1. The zero-order valence-corrected chi connectivity index (χ0v) is 18.3. The number of hydrogen-bond donors (Lipinski definition) is 5. The average Bonchev–Trinajstić information content (AvgIpc) is 3.34. The zero-order chi connectivity index (χ0) is 21.6. The van der Waals surface area contributed by atoms with Crippen molar-refractivity contribution in [2.75, 3.05) is 17.2 Å². The van der Waals surface area contributed by atoms with Crippen LogP contribution in [0.1, 0.15) is 51.1 Å². The quantitative estimate of drug-likeness (QED) is 0.269. The fraction of sp³-hybridized carbons (Fsp3) is 0.522. The number of aryl methyl sites for hydroxylation is 1. The van der Waals surface area contributed by atoms with Crippen molar-refractivity contribution in [3.8, 4) is 6.07 Å². The summed E-state index contributed by atoms with van der Waals surface area (Å²) in [5, 5.41) is 27.8. The number of rotatable bonds is 8. The van der Waals surface area contributed by atoms with Gasteiger partial charge in [-0.3, -0.25) is 5.10 Å². The third-order valence-corrected chi connectivity index (χ3v) is 6.21. The van der Waals surface area contributed by atoms with Crippen LogP contribution in [0.15, 0.2) is 24.4 Å². The first-order chi connectivity index (χ1) is 15.1. The van der Waals surface area contributed by atoms with Gasteiger partial charge < -0.3 is 20.9 Å². The summed E-state index contributed by atoms with van der Waals surface area (Å²) in [4.78, 5) is 8.21. The van der Waals surface area contributed by atoms with E-state index in [9.17, 15) is 0 Å². The Balaban J connectivity index is 1.54. The van der Waals surface area contributed by atoms with E-state index in [-0.39, 0.29) is 0 Å². The Morgan fingerprint density at radius 1 is 1.19 bits per heavy atom. The summed E-state index contributed by atoms with van der Waals surface area (Å²) in [6.07, 6.45) is 8.26. The normalized spacial score (nSPS) is 21.5. The summed E-state index contributed by atoms with van der Waals surface area (Å²) in [5.74, 6) is 3.11.